The molecule has 88 valence electrons. The summed E-state index contributed by atoms with van der Waals surface area (Å²) in [6, 6.07) is 14.1. The van der Waals surface area contributed by atoms with E-state index >= 15 is 0 Å². The SMILES string of the molecule is CC(C)(Cc1cccc2ccccc12)C(=O)O. The van der Waals surface area contributed by atoms with E-state index in [4.69, 9.17) is 0 Å². The van der Waals surface area contributed by atoms with Crippen LogP contribution in [0.3, 0.4) is 0 Å². The molecule has 2 aromatic rings. The average molecular weight is 228 g/mol. The molecule has 0 atom stereocenters. The summed E-state index contributed by atoms with van der Waals surface area (Å²) in [6.45, 7) is 3.52. The van der Waals surface area contributed by atoms with Crippen LogP contribution >= 0.6 is 0 Å². The number of fused-ring (bicyclic) bond motifs is 1. The molecule has 0 unspecified atom stereocenters. The van der Waals surface area contributed by atoms with Crippen molar-refractivity contribution < 1.29 is 9.90 Å². The molecule has 0 aliphatic heterocycles. The van der Waals surface area contributed by atoms with Gasteiger partial charge in [0.25, 0.3) is 0 Å². The van der Waals surface area contributed by atoms with E-state index < -0.39 is 11.4 Å². The Balaban J connectivity index is 2.46. The molecule has 0 saturated carbocycles. The van der Waals surface area contributed by atoms with Crippen molar-refractivity contribution in [2.75, 3.05) is 0 Å². The molecule has 0 aliphatic carbocycles. The second-order valence-electron chi connectivity index (χ2n) is 5.00. The van der Waals surface area contributed by atoms with Crippen molar-refractivity contribution in [1.82, 2.24) is 0 Å². The van der Waals surface area contributed by atoms with Gasteiger partial charge in [-0.3, -0.25) is 4.79 Å². The molecule has 0 fully saturated rings. The molecule has 0 aliphatic rings. The number of carbonyl (C=O) groups is 1. The summed E-state index contributed by atoms with van der Waals surface area (Å²) in [5, 5.41) is 11.5. The van der Waals surface area contributed by atoms with Crippen molar-refractivity contribution >= 4 is 16.7 Å². The molecule has 0 heterocycles. The smallest absolute Gasteiger partial charge is 0.309 e. The summed E-state index contributed by atoms with van der Waals surface area (Å²) in [6.07, 6.45) is 0.545. The lowest BCUT2D eigenvalue weighted by Gasteiger charge is -2.20. The fourth-order valence-electron chi connectivity index (χ4n) is 2.00. The molecule has 2 rings (SSSR count). The average Bonchev–Trinajstić information content (AvgIpc) is 2.29. The molecule has 0 radical (unpaired) electrons. The Bertz CT molecular complexity index is 550. The van der Waals surface area contributed by atoms with Gasteiger partial charge >= 0.3 is 5.97 Å². The number of carboxylic acids is 1. The van der Waals surface area contributed by atoms with E-state index in [-0.39, 0.29) is 0 Å². The number of hydrogen-bond acceptors (Lipinski definition) is 1. The molecular weight excluding hydrogens is 212 g/mol. The van der Waals surface area contributed by atoms with E-state index in [0.717, 1.165) is 16.3 Å². The monoisotopic (exact) mass is 228 g/mol. The molecule has 2 aromatic carbocycles. The standard InChI is InChI=1S/C15H16O2/c1-15(2,14(16)17)10-12-8-5-7-11-6-3-4-9-13(11)12/h3-9H,10H2,1-2H3,(H,16,17). The molecule has 0 bridgehead atoms. The second kappa shape index (κ2) is 4.21. The molecular formula is C15H16O2. The highest BCUT2D eigenvalue weighted by Crippen LogP contribution is 2.27. The highest BCUT2D eigenvalue weighted by atomic mass is 16.4. The summed E-state index contributed by atoms with van der Waals surface area (Å²) < 4.78 is 0. The van der Waals surface area contributed by atoms with Gasteiger partial charge in [0.1, 0.15) is 0 Å². The maximum Gasteiger partial charge on any atom is 0.309 e. The Morgan fingerprint density at radius 3 is 2.47 bits per heavy atom. The lowest BCUT2D eigenvalue weighted by atomic mass is 9.84. The third-order valence-corrected chi connectivity index (χ3v) is 3.09. The van der Waals surface area contributed by atoms with Gasteiger partial charge in [-0.05, 0) is 36.6 Å². The van der Waals surface area contributed by atoms with Crippen LogP contribution in [0.1, 0.15) is 19.4 Å². The molecule has 1 N–H and O–H groups in total. The van der Waals surface area contributed by atoms with E-state index in [1.54, 1.807) is 13.8 Å². The third-order valence-electron chi connectivity index (χ3n) is 3.09. The molecule has 0 spiro atoms. The highest BCUT2D eigenvalue weighted by Gasteiger charge is 2.27. The molecule has 0 aromatic heterocycles. The van der Waals surface area contributed by atoms with Gasteiger partial charge in [-0.2, -0.15) is 0 Å². The molecule has 2 heteroatoms. The van der Waals surface area contributed by atoms with Gasteiger partial charge in [0.15, 0.2) is 0 Å². The summed E-state index contributed by atoms with van der Waals surface area (Å²) in [5.74, 6) is -0.759. The summed E-state index contributed by atoms with van der Waals surface area (Å²) in [5.41, 5.74) is 0.361. The molecule has 2 nitrogen and oxygen atoms in total. The Kier molecular flexibility index (Phi) is 2.88. The number of aliphatic carboxylic acids is 1. The zero-order valence-corrected chi connectivity index (χ0v) is 10.1. The van der Waals surface area contributed by atoms with Crippen LogP contribution in [0.15, 0.2) is 42.5 Å². The highest BCUT2D eigenvalue weighted by molar-refractivity contribution is 5.86. The predicted molar refractivity (Wildman–Crippen MR) is 69.1 cm³/mol. The first-order valence-electron chi connectivity index (χ1n) is 5.71. The van der Waals surface area contributed by atoms with Gasteiger partial charge in [0.2, 0.25) is 0 Å². The lowest BCUT2D eigenvalue weighted by molar-refractivity contribution is -0.146. The summed E-state index contributed by atoms with van der Waals surface area (Å²) in [4.78, 5) is 11.2. The summed E-state index contributed by atoms with van der Waals surface area (Å²) in [7, 11) is 0. The number of benzene rings is 2. The Morgan fingerprint density at radius 2 is 1.76 bits per heavy atom. The van der Waals surface area contributed by atoms with Crippen LogP contribution in [-0.2, 0) is 11.2 Å². The van der Waals surface area contributed by atoms with Crippen LogP contribution in [0.5, 0.6) is 0 Å². The van der Waals surface area contributed by atoms with Gasteiger partial charge in [0, 0.05) is 0 Å². The van der Waals surface area contributed by atoms with Crippen LogP contribution in [-0.4, -0.2) is 11.1 Å². The number of carboxylic acid groups (broad SMARTS) is 1. The van der Waals surface area contributed by atoms with Gasteiger partial charge < -0.3 is 5.11 Å². The minimum absolute atomic E-state index is 0.545. The Hall–Kier alpha value is -1.83. The minimum atomic E-state index is -0.759. The maximum absolute atomic E-state index is 11.2. The normalized spacial score (nSPS) is 11.6. The largest absolute Gasteiger partial charge is 0.481 e. The molecule has 0 amide bonds. The zero-order chi connectivity index (χ0) is 12.5. The van der Waals surface area contributed by atoms with Gasteiger partial charge in [-0.25, -0.2) is 0 Å². The van der Waals surface area contributed by atoms with Crippen molar-refractivity contribution in [3.8, 4) is 0 Å². The van der Waals surface area contributed by atoms with E-state index in [2.05, 4.69) is 0 Å². The fourth-order valence-corrected chi connectivity index (χ4v) is 2.00. The first-order chi connectivity index (χ1) is 8.00. The zero-order valence-electron chi connectivity index (χ0n) is 10.1. The first kappa shape index (κ1) is 11.6. The topological polar surface area (TPSA) is 37.3 Å². The molecule has 0 saturated heterocycles. The second-order valence-corrected chi connectivity index (χ2v) is 5.00. The van der Waals surface area contributed by atoms with Gasteiger partial charge in [0.05, 0.1) is 5.41 Å². The van der Waals surface area contributed by atoms with Crippen LogP contribution in [0.2, 0.25) is 0 Å². The van der Waals surface area contributed by atoms with E-state index in [0.29, 0.717) is 6.42 Å². The van der Waals surface area contributed by atoms with Crippen molar-refractivity contribution in [3.63, 3.8) is 0 Å². The molecule has 17 heavy (non-hydrogen) atoms. The maximum atomic E-state index is 11.2. The van der Waals surface area contributed by atoms with Gasteiger partial charge in [-0.1, -0.05) is 42.5 Å². The first-order valence-corrected chi connectivity index (χ1v) is 5.71. The van der Waals surface area contributed by atoms with Crippen molar-refractivity contribution in [2.45, 2.75) is 20.3 Å². The van der Waals surface area contributed by atoms with Crippen LogP contribution in [0.4, 0.5) is 0 Å². The van der Waals surface area contributed by atoms with Gasteiger partial charge in [-0.15, -0.1) is 0 Å². The quantitative estimate of drug-likeness (QED) is 0.873. The third kappa shape index (κ3) is 2.31. The van der Waals surface area contributed by atoms with Crippen molar-refractivity contribution in [1.29, 1.82) is 0 Å². The fraction of sp³-hybridized carbons (Fsp3) is 0.267. The summed E-state index contributed by atoms with van der Waals surface area (Å²) >= 11 is 0. The van der Waals surface area contributed by atoms with Crippen LogP contribution in [0.25, 0.3) is 10.8 Å². The van der Waals surface area contributed by atoms with Crippen LogP contribution < -0.4 is 0 Å². The van der Waals surface area contributed by atoms with Crippen molar-refractivity contribution in [3.05, 3.63) is 48.0 Å². The van der Waals surface area contributed by atoms with E-state index in [1.807, 2.05) is 42.5 Å². The Morgan fingerprint density at radius 1 is 1.12 bits per heavy atom. The number of hydrogen-bond donors (Lipinski definition) is 1. The predicted octanol–water partition coefficient (Wildman–Crippen LogP) is 3.49. The lowest BCUT2D eigenvalue weighted by Crippen LogP contribution is -2.26. The number of rotatable bonds is 3. The van der Waals surface area contributed by atoms with Crippen molar-refractivity contribution in [2.24, 2.45) is 5.41 Å². The Labute approximate surface area is 101 Å². The van der Waals surface area contributed by atoms with Crippen LogP contribution in [0, 0.1) is 5.41 Å². The minimum Gasteiger partial charge on any atom is -0.481 e. The van der Waals surface area contributed by atoms with E-state index in [1.165, 1.54) is 0 Å². The van der Waals surface area contributed by atoms with E-state index in [9.17, 15) is 9.90 Å².